The molecule has 0 bridgehead atoms. The Morgan fingerprint density at radius 1 is 0.286 bits per heavy atom. The van der Waals surface area contributed by atoms with Crippen molar-refractivity contribution in [2.75, 3.05) is 9.80 Å². The van der Waals surface area contributed by atoms with Crippen LogP contribution in [0.2, 0.25) is 0 Å². The van der Waals surface area contributed by atoms with Crippen molar-refractivity contribution >= 4 is 88.4 Å². The molecule has 296 valence electrons. The van der Waals surface area contributed by atoms with Crippen molar-refractivity contribution < 1.29 is 4.42 Å². The first-order valence-electron chi connectivity index (χ1n) is 21.5. The van der Waals surface area contributed by atoms with Crippen LogP contribution in [0.4, 0.5) is 34.1 Å². The highest BCUT2D eigenvalue weighted by atomic mass is 16.3. The van der Waals surface area contributed by atoms with Crippen LogP contribution in [0.25, 0.3) is 76.5 Å². The molecule has 0 aliphatic rings. The maximum atomic E-state index is 6.99. The molecule has 0 N–H and O–H groups in total. The van der Waals surface area contributed by atoms with E-state index in [0.29, 0.717) is 0 Å². The molecular formula is C60H40N2O. The molecule has 0 amide bonds. The number of para-hydroxylation sites is 3. The second kappa shape index (κ2) is 15.3. The van der Waals surface area contributed by atoms with Gasteiger partial charge >= 0.3 is 0 Å². The SMILES string of the molecule is c1ccc(-c2ccccc2N(c2ccccc2)c2ccc(-c3ccc4c(c3)c3ccccc3c3c5ccc(N(c6ccccc6)c6ccc7ccccc7c6)cc5oc43)cc2)cc1. The zero-order valence-corrected chi connectivity index (χ0v) is 34.4. The predicted molar refractivity (Wildman–Crippen MR) is 266 cm³/mol. The molecule has 0 aliphatic carbocycles. The van der Waals surface area contributed by atoms with Gasteiger partial charge < -0.3 is 14.2 Å². The quantitative estimate of drug-likeness (QED) is 0.143. The van der Waals surface area contributed by atoms with Gasteiger partial charge in [0, 0.05) is 56.2 Å². The molecule has 0 saturated carbocycles. The van der Waals surface area contributed by atoms with Gasteiger partial charge in [-0.2, -0.15) is 0 Å². The van der Waals surface area contributed by atoms with Crippen molar-refractivity contribution in [3.05, 3.63) is 243 Å². The number of benzene rings is 11. The van der Waals surface area contributed by atoms with E-state index in [0.717, 1.165) is 72.6 Å². The Balaban J connectivity index is 0.965. The van der Waals surface area contributed by atoms with Gasteiger partial charge in [-0.25, -0.2) is 0 Å². The monoisotopic (exact) mass is 804 g/mol. The van der Waals surface area contributed by atoms with E-state index in [1.165, 1.54) is 38.1 Å². The van der Waals surface area contributed by atoms with Crippen LogP contribution < -0.4 is 9.80 Å². The van der Waals surface area contributed by atoms with Gasteiger partial charge in [-0.05, 0) is 122 Å². The standard InChI is InChI=1S/C60H40N2O/c1-4-17-43(18-5-1)51-24-14-15-27-57(51)62(47-22-8-3-9-23-47)48-32-28-42(29-33-48)45-31-36-54-56(39-45)52-25-12-13-26-53(52)59-55-37-35-50(40-58(55)63-60(54)59)61(46-20-6-2-7-21-46)49-34-30-41-16-10-11-19-44(41)38-49/h1-40H. The molecular weight excluding hydrogens is 765 g/mol. The van der Waals surface area contributed by atoms with E-state index in [2.05, 4.69) is 252 Å². The molecule has 1 aromatic heterocycles. The van der Waals surface area contributed by atoms with Gasteiger partial charge in [0.15, 0.2) is 0 Å². The first kappa shape index (κ1) is 36.5. The Kier molecular flexibility index (Phi) is 8.83. The van der Waals surface area contributed by atoms with Crippen molar-refractivity contribution in [2.45, 2.75) is 0 Å². The highest BCUT2D eigenvalue weighted by molar-refractivity contribution is 6.30. The van der Waals surface area contributed by atoms with Crippen LogP contribution in [0.1, 0.15) is 0 Å². The molecule has 1 heterocycles. The summed E-state index contributed by atoms with van der Waals surface area (Å²) < 4.78 is 6.99. The third-order valence-corrected chi connectivity index (χ3v) is 12.4. The minimum Gasteiger partial charge on any atom is -0.455 e. The number of furan rings is 1. The molecule has 0 radical (unpaired) electrons. The fraction of sp³-hybridized carbons (Fsp3) is 0. The lowest BCUT2D eigenvalue weighted by Gasteiger charge is -2.28. The summed E-state index contributed by atoms with van der Waals surface area (Å²) >= 11 is 0. The molecule has 63 heavy (non-hydrogen) atoms. The van der Waals surface area contributed by atoms with Crippen molar-refractivity contribution in [2.24, 2.45) is 0 Å². The van der Waals surface area contributed by atoms with Gasteiger partial charge in [-0.3, -0.25) is 0 Å². The van der Waals surface area contributed by atoms with Crippen LogP contribution in [0.15, 0.2) is 247 Å². The largest absolute Gasteiger partial charge is 0.455 e. The van der Waals surface area contributed by atoms with E-state index in [1.807, 2.05) is 0 Å². The van der Waals surface area contributed by atoms with E-state index < -0.39 is 0 Å². The lowest BCUT2D eigenvalue weighted by Crippen LogP contribution is -2.11. The Hall–Kier alpha value is -8.40. The molecule has 0 saturated heterocycles. The highest BCUT2D eigenvalue weighted by Crippen LogP contribution is 2.46. The first-order chi connectivity index (χ1) is 31.2. The van der Waals surface area contributed by atoms with Crippen molar-refractivity contribution in [1.82, 2.24) is 0 Å². The van der Waals surface area contributed by atoms with E-state index in [-0.39, 0.29) is 0 Å². The van der Waals surface area contributed by atoms with Crippen LogP contribution in [0, 0.1) is 0 Å². The summed E-state index contributed by atoms with van der Waals surface area (Å²) in [7, 11) is 0. The zero-order valence-electron chi connectivity index (χ0n) is 34.4. The van der Waals surface area contributed by atoms with Crippen LogP contribution >= 0.6 is 0 Å². The van der Waals surface area contributed by atoms with Gasteiger partial charge in [-0.15, -0.1) is 0 Å². The second-order valence-corrected chi connectivity index (χ2v) is 16.1. The third-order valence-electron chi connectivity index (χ3n) is 12.4. The summed E-state index contributed by atoms with van der Waals surface area (Å²) in [6.45, 7) is 0. The number of rotatable bonds is 8. The normalized spacial score (nSPS) is 11.5. The predicted octanol–water partition coefficient (Wildman–Crippen LogP) is 17.3. The van der Waals surface area contributed by atoms with Crippen molar-refractivity contribution in [3.8, 4) is 22.3 Å². The maximum absolute atomic E-state index is 6.99. The van der Waals surface area contributed by atoms with E-state index in [9.17, 15) is 0 Å². The minimum atomic E-state index is 0.860. The Bertz CT molecular complexity index is 3620. The summed E-state index contributed by atoms with van der Waals surface area (Å²) in [6.07, 6.45) is 0. The smallest absolute Gasteiger partial charge is 0.143 e. The summed E-state index contributed by atoms with van der Waals surface area (Å²) in [4.78, 5) is 4.67. The number of hydrogen-bond donors (Lipinski definition) is 0. The maximum Gasteiger partial charge on any atom is 0.143 e. The molecule has 0 fully saturated rings. The molecule has 11 aromatic carbocycles. The van der Waals surface area contributed by atoms with E-state index >= 15 is 0 Å². The average molecular weight is 805 g/mol. The van der Waals surface area contributed by atoms with E-state index in [4.69, 9.17) is 4.42 Å². The van der Waals surface area contributed by atoms with Crippen LogP contribution in [-0.4, -0.2) is 0 Å². The fourth-order valence-electron chi connectivity index (χ4n) is 9.44. The fourth-order valence-corrected chi connectivity index (χ4v) is 9.44. The van der Waals surface area contributed by atoms with Gasteiger partial charge in [0.2, 0.25) is 0 Å². The molecule has 3 heteroatoms. The lowest BCUT2D eigenvalue weighted by atomic mass is 9.94. The lowest BCUT2D eigenvalue weighted by molar-refractivity contribution is 0.673. The molecule has 0 atom stereocenters. The Morgan fingerprint density at radius 2 is 0.841 bits per heavy atom. The molecule has 12 aromatic rings. The minimum absolute atomic E-state index is 0.860. The van der Waals surface area contributed by atoms with Crippen LogP contribution in [0.5, 0.6) is 0 Å². The van der Waals surface area contributed by atoms with Crippen molar-refractivity contribution in [3.63, 3.8) is 0 Å². The summed E-state index contributed by atoms with van der Waals surface area (Å²) in [6, 6.07) is 86.9. The Morgan fingerprint density at radius 3 is 1.62 bits per heavy atom. The van der Waals surface area contributed by atoms with Gasteiger partial charge in [-0.1, -0.05) is 158 Å². The first-order valence-corrected chi connectivity index (χ1v) is 21.5. The zero-order chi connectivity index (χ0) is 41.7. The summed E-state index contributed by atoms with van der Waals surface area (Å²) in [5.74, 6) is 0. The number of fused-ring (bicyclic) bond motifs is 9. The molecule has 3 nitrogen and oxygen atoms in total. The second-order valence-electron chi connectivity index (χ2n) is 16.1. The van der Waals surface area contributed by atoms with Crippen molar-refractivity contribution in [1.29, 1.82) is 0 Å². The average Bonchev–Trinajstić information content (AvgIpc) is 3.75. The molecule has 12 rings (SSSR count). The van der Waals surface area contributed by atoms with Gasteiger partial charge in [0.05, 0.1) is 5.69 Å². The third kappa shape index (κ3) is 6.38. The van der Waals surface area contributed by atoms with Gasteiger partial charge in [0.1, 0.15) is 11.2 Å². The number of nitrogens with zero attached hydrogens (tertiary/aromatic N) is 2. The molecule has 0 spiro atoms. The summed E-state index contributed by atoms with van der Waals surface area (Å²) in [5.41, 5.74) is 13.0. The van der Waals surface area contributed by atoms with Crippen LogP contribution in [0.3, 0.4) is 0 Å². The van der Waals surface area contributed by atoms with Gasteiger partial charge in [0.25, 0.3) is 0 Å². The Labute approximate surface area is 365 Å². The van der Waals surface area contributed by atoms with Crippen LogP contribution in [-0.2, 0) is 0 Å². The molecule has 0 aliphatic heterocycles. The summed E-state index contributed by atoms with van der Waals surface area (Å²) in [5, 5.41) is 9.33. The number of anilines is 6. The number of hydrogen-bond acceptors (Lipinski definition) is 3. The topological polar surface area (TPSA) is 19.6 Å². The van der Waals surface area contributed by atoms with E-state index in [1.54, 1.807) is 0 Å². The molecule has 0 unspecified atom stereocenters. The highest BCUT2D eigenvalue weighted by Gasteiger charge is 2.21.